The molecule has 3 N–H and O–H groups in total. The number of hydrogen-bond acceptors (Lipinski definition) is 5. The smallest absolute Gasteiger partial charge is 0.255 e. The third-order valence-electron chi connectivity index (χ3n) is 6.30. The highest BCUT2D eigenvalue weighted by Crippen LogP contribution is 2.29. The van der Waals surface area contributed by atoms with Crippen molar-refractivity contribution >= 4 is 17.7 Å². The van der Waals surface area contributed by atoms with Crippen LogP contribution in [0.5, 0.6) is 0 Å². The summed E-state index contributed by atoms with van der Waals surface area (Å²) in [7, 11) is 0. The minimum absolute atomic E-state index is 0.142. The van der Waals surface area contributed by atoms with E-state index in [2.05, 4.69) is 10.6 Å². The van der Waals surface area contributed by atoms with Gasteiger partial charge in [0.25, 0.3) is 5.91 Å². The van der Waals surface area contributed by atoms with Crippen LogP contribution in [0.4, 0.5) is 0 Å². The average Bonchev–Trinajstić information content (AvgIpc) is 3.02. The van der Waals surface area contributed by atoms with Crippen LogP contribution < -0.4 is 10.6 Å². The Morgan fingerprint density at radius 3 is 2.75 bits per heavy atom. The molecule has 1 saturated carbocycles. The van der Waals surface area contributed by atoms with Crippen LogP contribution in [0.3, 0.4) is 0 Å². The van der Waals surface area contributed by atoms with E-state index in [1.807, 2.05) is 18.2 Å². The first kappa shape index (κ1) is 19.1. The molecule has 1 unspecified atom stereocenters. The second kappa shape index (κ2) is 8.01. The first-order chi connectivity index (χ1) is 13.6. The molecule has 7 heteroatoms. The molecule has 150 valence electrons. The number of benzene rings is 1. The van der Waals surface area contributed by atoms with E-state index >= 15 is 0 Å². The van der Waals surface area contributed by atoms with Crippen molar-refractivity contribution in [3.8, 4) is 0 Å². The molecular formula is C21H27N3O4. The maximum atomic E-state index is 12.7. The molecular weight excluding hydrogens is 358 g/mol. The predicted octanol–water partition coefficient (Wildman–Crippen LogP) is 1.09. The molecule has 2 heterocycles. The summed E-state index contributed by atoms with van der Waals surface area (Å²) in [4.78, 5) is 37.8. The summed E-state index contributed by atoms with van der Waals surface area (Å²) in [6, 6.07) is 5.57. The second-order valence-corrected chi connectivity index (χ2v) is 8.11. The summed E-state index contributed by atoms with van der Waals surface area (Å²) in [6.45, 7) is 1.31. The number of aliphatic hydroxyl groups excluding tert-OH is 1. The van der Waals surface area contributed by atoms with Crippen molar-refractivity contribution in [2.24, 2.45) is 5.92 Å². The molecule has 7 nitrogen and oxygen atoms in total. The molecule has 2 aliphatic heterocycles. The molecule has 1 aliphatic carbocycles. The summed E-state index contributed by atoms with van der Waals surface area (Å²) < 4.78 is 0. The highest BCUT2D eigenvalue weighted by molar-refractivity contribution is 6.05. The largest absolute Gasteiger partial charge is 0.396 e. The van der Waals surface area contributed by atoms with Crippen LogP contribution in [0.25, 0.3) is 0 Å². The number of hydrogen-bond donors (Lipinski definition) is 3. The molecule has 1 aromatic carbocycles. The summed E-state index contributed by atoms with van der Waals surface area (Å²) in [5.74, 6) is -0.487. The zero-order valence-corrected chi connectivity index (χ0v) is 15.9. The SMILES string of the molecule is O=C1CCC(N2Cc3cc(CN[C@@H]4CCCC[C@H]4CO)ccc3C2=O)C(=O)N1. The third kappa shape index (κ3) is 3.69. The lowest BCUT2D eigenvalue weighted by molar-refractivity contribution is -0.136. The van der Waals surface area contributed by atoms with Gasteiger partial charge in [-0.1, -0.05) is 25.0 Å². The molecule has 1 aromatic rings. The summed E-state index contributed by atoms with van der Waals surface area (Å²) in [5, 5.41) is 15.5. The first-order valence-electron chi connectivity index (χ1n) is 10.2. The lowest BCUT2D eigenvalue weighted by Gasteiger charge is -2.31. The highest BCUT2D eigenvalue weighted by Gasteiger charge is 2.39. The van der Waals surface area contributed by atoms with E-state index in [0.717, 1.165) is 24.0 Å². The van der Waals surface area contributed by atoms with Gasteiger partial charge in [-0.25, -0.2) is 0 Å². The molecule has 2 fully saturated rings. The first-order valence-corrected chi connectivity index (χ1v) is 10.2. The molecule has 4 rings (SSSR count). The normalized spacial score (nSPS) is 27.7. The van der Waals surface area contributed by atoms with E-state index in [1.165, 1.54) is 12.8 Å². The summed E-state index contributed by atoms with van der Waals surface area (Å²) >= 11 is 0. The van der Waals surface area contributed by atoms with Crippen molar-refractivity contribution in [2.75, 3.05) is 6.61 Å². The fourth-order valence-corrected chi connectivity index (χ4v) is 4.68. The quantitative estimate of drug-likeness (QED) is 0.659. The number of carbonyl (C=O) groups excluding carboxylic acids is 3. The number of nitrogens with one attached hydrogen (secondary N) is 2. The van der Waals surface area contributed by atoms with Crippen LogP contribution >= 0.6 is 0 Å². The van der Waals surface area contributed by atoms with Gasteiger partial charge in [-0.3, -0.25) is 19.7 Å². The number of carbonyl (C=O) groups is 3. The van der Waals surface area contributed by atoms with Crippen molar-refractivity contribution < 1.29 is 19.5 Å². The number of imide groups is 1. The van der Waals surface area contributed by atoms with Crippen molar-refractivity contribution in [3.63, 3.8) is 0 Å². The minimum atomic E-state index is -0.577. The van der Waals surface area contributed by atoms with E-state index < -0.39 is 6.04 Å². The zero-order valence-electron chi connectivity index (χ0n) is 15.9. The fourth-order valence-electron chi connectivity index (χ4n) is 4.68. The Morgan fingerprint density at radius 1 is 1.14 bits per heavy atom. The van der Waals surface area contributed by atoms with Crippen molar-refractivity contribution in [1.82, 2.24) is 15.5 Å². The van der Waals surface area contributed by atoms with E-state index in [0.29, 0.717) is 37.0 Å². The van der Waals surface area contributed by atoms with Gasteiger partial charge in [-0.2, -0.15) is 0 Å². The molecule has 3 atom stereocenters. The van der Waals surface area contributed by atoms with Crippen LogP contribution in [0.1, 0.15) is 60.0 Å². The summed E-state index contributed by atoms with van der Waals surface area (Å²) in [5.41, 5.74) is 2.66. The van der Waals surface area contributed by atoms with Gasteiger partial charge in [0.2, 0.25) is 11.8 Å². The van der Waals surface area contributed by atoms with Gasteiger partial charge in [0.1, 0.15) is 6.04 Å². The minimum Gasteiger partial charge on any atom is -0.396 e. The number of amides is 3. The molecule has 1 saturated heterocycles. The van der Waals surface area contributed by atoms with Gasteiger partial charge in [-0.05, 0) is 42.4 Å². The third-order valence-corrected chi connectivity index (χ3v) is 6.30. The highest BCUT2D eigenvalue weighted by atomic mass is 16.3. The number of nitrogens with zero attached hydrogens (tertiary/aromatic N) is 1. The molecule has 28 heavy (non-hydrogen) atoms. The predicted molar refractivity (Wildman–Crippen MR) is 102 cm³/mol. The van der Waals surface area contributed by atoms with Crippen molar-refractivity contribution in [2.45, 2.75) is 63.7 Å². The van der Waals surface area contributed by atoms with Gasteiger partial charge < -0.3 is 15.3 Å². The maximum Gasteiger partial charge on any atom is 0.255 e. The standard InChI is InChI=1S/C21H27N3O4/c25-12-14-3-1-2-4-17(14)22-10-13-5-6-16-15(9-13)11-24(21(16)28)18-7-8-19(26)23-20(18)27/h5-6,9,14,17-18,22,25H,1-4,7-8,10-12H2,(H,23,26,27)/t14-,17+,18?/m0/s1. The Balaban J connectivity index is 1.42. The van der Waals surface area contributed by atoms with Crippen LogP contribution in [0.2, 0.25) is 0 Å². The van der Waals surface area contributed by atoms with Gasteiger partial charge in [0.05, 0.1) is 0 Å². The molecule has 0 aromatic heterocycles. The van der Waals surface area contributed by atoms with Crippen molar-refractivity contribution in [1.29, 1.82) is 0 Å². The van der Waals surface area contributed by atoms with Gasteiger partial charge in [0, 0.05) is 37.7 Å². The summed E-state index contributed by atoms with van der Waals surface area (Å²) in [6.07, 6.45) is 5.15. The Labute approximate surface area is 164 Å². The Kier molecular flexibility index (Phi) is 5.46. The van der Waals surface area contributed by atoms with Crippen LogP contribution in [0.15, 0.2) is 18.2 Å². The number of fused-ring (bicyclic) bond motifs is 1. The topological polar surface area (TPSA) is 98.7 Å². The zero-order chi connectivity index (χ0) is 19.7. The monoisotopic (exact) mass is 385 g/mol. The molecule has 3 amide bonds. The molecule has 0 spiro atoms. The van der Waals surface area contributed by atoms with Crippen molar-refractivity contribution in [3.05, 3.63) is 34.9 Å². The van der Waals surface area contributed by atoms with Crippen LogP contribution in [0, 0.1) is 5.92 Å². The van der Waals surface area contributed by atoms with E-state index in [-0.39, 0.29) is 30.7 Å². The fraction of sp³-hybridized carbons (Fsp3) is 0.571. The Morgan fingerprint density at radius 2 is 1.96 bits per heavy atom. The van der Waals surface area contributed by atoms with E-state index in [1.54, 1.807) is 4.90 Å². The lowest BCUT2D eigenvalue weighted by Crippen LogP contribution is -2.52. The number of aliphatic hydroxyl groups is 1. The second-order valence-electron chi connectivity index (χ2n) is 8.11. The van der Waals surface area contributed by atoms with E-state index in [9.17, 15) is 19.5 Å². The van der Waals surface area contributed by atoms with Crippen LogP contribution in [-0.4, -0.2) is 46.4 Å². The van der Waals surface area contributed by atoms with Gasteiger partial charge in [0.15, 0.2) is 0 Å². The Bertz CT molecular complexity index is 794. The maximum absolute atomic E-state index is 12.7. The number of piperidine rings is 1. The lowest BCUT2D eigenvalue weighted by atomic mass is 9.85. The van der Waals surface area contributed by atoms with Crippen LogP contribution in [-0.2, 0) is 22.7 Å². The van der Waals surface area contributed by atoms with Gasteiger partial charge in [-0.15, -0.1) is 0 Å². The molecule has 3 aliphatic rings. The average molecular weight is 385 g/mol. The molecule has 0 bridgehead atoms. The van der Waals surface area contributed by atoms with E-state index in [4.69, 9.17) is 0 Å². The number of rotatable bonds is 5. The Hall–Kier alpha value is -2.25. The van der Waals surface area contributed by atoms with Gasteiger partial charge >= 0.3 is 0 Å². The molecule has 0 radical (unpaired) electrons.